The zero-order valence-electron chi connectivity index (χ0n) is 20.4. The minimum absolute atomic E-state index is 0.0609. The van der Waals surface area contributed by atoms with Crippen LogP contribution in [0, 0.1) is 5.92 Å². The molecule has 188 valence electrons. The van der Waals surface area contributed by atoms with Gasteiger partial charge in [0.15, 0.2) is 0 Å². The Bertz CT molecular complexity index is 1500. The number of hydrogen-bond donors (Lipinski definition) is 1. The molecule has 0 spiro atoms. The fraction of sp³-hybridized carbons (Fsp3) is 0.286. The van der Waals surface area contributed by atoms with E-state index < -0.39 is 34.6 Å². The van der Waals surface area contributed by atoms with Gasteiger partial charge in [-0.25, -0.2) is 0 Å². The molecule has 0 aromatic heterocycles. The first-order valence-electron chi connectivity index (χ1n) is 12.2. The lowest BCUT2D eigenvalue weighted by Crippen LogP contribution is -2.48. The minimum atomic E-state index is -0.839. The van der Waals surface area contributed by atoms with Crippen LogP contribution in [-0.4, -0.2) is 46.0 Å². The molecule has 3 aromatic rings. The lowest BCUT2D eigenvalue weighted by molar-refractivity contribution is -0.121. The van der Waals surface area contributed by atoms with Crippen LogP contribution in [0.25, 0.3) is 0 Å². The largest absolute Gasteiger partial charge is 0.322 e. The van der Waals surface area contributed by atoms with Gasteiger partial charge in [0.2, 0.25) is 16.8 Å². The highest BCUT2D eigenvalue weighted by molar-refractivity contribution is 6.21. The van der Waals surface area contributed by atoms with E-state index in [1.807, 2.05) is 26.0 Å². The van der Waals surface area contributed by atoms with E-state index in [0.717, 1.165) is 10.5 Å². The maximum atomic E-state index is 13.4. The molecule has 3 aromatic carbocycles. The van der Waals surface area contributed by atoms with Gasteiger partial charge in [-0.2, -0.15) is 0 Å². The van der Waals surface area contributed by atoms with Crippen molar-refractivity contribution >= 4 is 29.3 Å². The van der Waals surface area contributed by atoms with E-state index in [0.29, 0.717) is 23.1 Å². The van der Waals surface area contributed by atoms with Crippen LogP contribution in [0.3, 0.4) is 0 Å². The minimum Gasteiger partial charge on any atom is -0.322 e. The lowest BCUT2D eigenvalue weighted by Gasteiger charge is -2.28. The van der Waals surface area contributed by atoms with Gasteiger partial charge in [0.1, 0.15) is 11.7 Å². The van der Waals surface area contributed by atoms with Gasteiger partial charge in [0, 0.05) is 24.2 Å². The van der Waals surface area contributed by atoms with Crippen LogP contribution < -0.4 is 16.2 Å². The van der Waals surface area contributed by atoms with Crippen molar-refractivity contribution in [1.29, 1.82) is 0 Å². The molecule has 0 fully saturated rings. The predicted molar refractivity (Wildman–Crippen MR) is 135 cm³/mol. The second kappa shape index (κ2) is 9.24. The molecule has 1 N–H and O–H groups in total. The maximum Gasteiger partial charge on any atom is 0.261 e. The van der Waals surface area contributed by atoms with Crippen LogP contribution in [0.15, 0.2) is 58.1 Å². The number of amides is 4. The zero-order chi connectivity index (χ0) is 26.4. The van der Waals surface area contributed by atoms with Crippen LogP contribution in [0.2, 0.25) is 0 Å². The van der Waals surface area contributed by atoms with E-state index in [-0.39, 0.29) is 42.6 Å². The normalized spacial score (nSPS) is 15.5. The molecule has 4 amide bonds. The Morgan fingerprint density at radius 2 is 1.43 bits per heavy atom. The Balaban J connectivity index is 1.33. The van der Waals surface area contributed by atoms with Gasteiger partial charge in [-0.3, -0.25) is 33.7 Å². The van der Waals surface area contributed by atoms with Crippen LogP contribution in [0.5, 0.6) is 0 Å². The summed E-state index contributed by atoms with van der Waals surface area (Å²) in [5.74, 6) is -1.66. The second-order valence-electron chi connectivity index (χ2n) is 9.79. The maximum absolute atomic E-state index is 13.4. The van der Waals surface area contributed by atoms with E-state index in [1.165, 1.54) is 4.90 Å². The second-order valence-corrected chi connectivity index (χ2v) is 9.79. The average molecular weight is 500 g/mol. The van der Waals surface area contributed by atoms with Gasteiger partial charge in [-0.15, -0.1) is 0 Å². The third kappa shape index (κ3) is 4.06. The van der Waals surface area contributed by atoms with Gasteiger partial charge in [0.05, 0.1) is 11.1 Å². The molecule has 0 saturated carbocycles. The van der Waals surface area contributed by atoms with Crippen molar-refractivity contribution < 1.29 is 19.2 Å². The molecule has 0 saturated heterocycles. The van der Waals surface area contributed by atoms with Gasteiger partial charge in [-0.05, 0) is 42.5 Å². The Kier molecular flexibility index (Phi) is 6.07. The summed E-state index contributed by atoms with van der Waals surface area (Å²) in [6, 6.07) is 12.8. The number of anilines is 1. The molecular weight excluding hydrogens is 474 g/mol. The average Bonchev–Trinajstić information content (AvgIpc) is 3.35. The summed E-state index contributed by atoms with van der Waals surface area (Å²) in [5.41, 5.74) is 0.294. The summed E-state index contributed by atoms with van der Waals surface area (Å²) in [6.45, 7) is 4.03. The SMILES string of the molecule is CC(C)C[C@@H](C(=O)Nc1c(CCN2C(=O)c3ccccc3C2=O)c(=O)c1=O)N1Cc2ccccc2C1=O. The third-order valence-electron chi connectivity index (χ3n) is 6.94. The molecule has 0 radical (unpaired) electrons. The zero-order valence-corrected chi connectivity index (χ0v) is 20.4. The van der Waals surface area contributed by atoms with Gasteiger partial charge in [0.25, 0.3) is 17.7 Å². The van der Waals surface area contributed by atoms with Crippen molar-refractivity contribution in [3.63, 3.8) is 0 Å². The number of imide groups is 1. The third-order valence-corrected chi connectivity index (χ3v) is 6.94. The molecule has 0 aliphatic carbocycles. The first-order valence-corrected chi connectivity index (χ1v) is 12.2. The van der Waals surface area contributed by atoms with Crippen molar-refractivity contribution in [1.82, 2.24) is 9.80 Å². The van der Waals surface area contributed by atoms with E-state index >= 15 is 0 Å². The topological polar surface area (TPSA) is 121 Å². The summed E-state index contributed by atoms with van der Waals surface area (Å²) in [4.78, 5) is 78.9. The van der Waals surface area contributed by atoms with Crippen molar-refractivity contribution in [3.05, 3.63) is 96.8 Å². The fourth-order valence-corrected chi connectivity index (χ4v) is 5.03. The van der Waals surface area contributed by atoms with Gasteiger partial charge < -0.3 is 10.2 Å². The molecule has 9 heteroatoms. The molecule has 37 heavy (non-hydrogen) atoms. The Hall–Kier alpha value is -4.40. The quantitative estimate of drug-likeness (QED) is 0.374. The summed E-state index contributed by atoms with van der Waals surface area (Å²) < 4.78 is 0. The smallest absolute Gasteiger partial charge is 0.261 e. The van der Waals surface area contributed by atoms with Crippen molar-refractivity contribution in [2.45, 2.75) is 39.3 Å². The number of carbonyl (C=O) groups is 4. The highest BCUT2D eigenvalue weighted by Gasteiger charge is 2.38. The summed E-state index contributed by atoms with van der Waals surface area (Å²) in [5, 5.41) is 2.58. The fourth-order valence-electron chi connectivity index (χ4n) is 5.03. The molecule has 5 rings (SSSR count). The highest BCUT2D eigenvalue weighted by atomic mass is 16.2. The Labute approximate surface area is 212 Å². The molecule has 2 aliphatic rings. The summed E-state index contributed by atoms with van der Waals surface area (Å²) in [7, 11) is 0. The molecule has 2 aliphatic heterocycles. The molecule has 0 unspecified atom stereocenters. The number of benzene rings is 2. The molecule has 0 bridgehead atoms. The molecule has 9 nitrogen and oxygen atoms in total. The summed E-state index contributed by atoms with van der Waals surface area (Å²) in [6.07, 6.45) is 0.305. The predicted octanol–water partition coefficient (Wildman–Crippen LogP) is 2.13. The number of nitrogens with one attached hydrogen (secondary N) is 1. The molecule has 1 atom stereocenters. The standard InChI is InChI=1S/C28H25N3O6/c1-15(2)13-21(31-14-16-7-3-4-8-17(16)26(31)35)25(34)29-22-20(23(32)24(22)33)11-12-30-27(36)18-9-5-6-10-19(18)28(30)37/h3-10,15,21H,11-14H2,1-2H3,(H,29,34)/t21-/m0/s1. The molecule has 2 heterocycles. The van der Waals surface area contributed by atoms with Crippen molar-refractivity contribution in [2.24, 2.45) is 5.92 Å². The van der Waals surface area contributed by atoms with Gasteiger partial charge >= 0.3 is 0 Å². The monoisotopic (exact) mass is 499 g/mol. The summed E-state index contributed by atoms with van der Waals surface area (Å²) >= 11 is 0. The van der Waals surface area contributed by atoms with Crippen molar-refractivity contribution in [3.8, 4) is 0 Å². The van der Waals surface area contributed by atoms with Crippen LogP contribution in [0.1, 0.15) is 62.5 Å². The number of rotatable bonds is 8. The first-order chi connectivity index (χ1) is 17.7. The van der Waals surface area contributed by atoms with Gasteiger partial charge in [-0.1, -0.05) is 44.2 Å². The van der Waals surface area contributed by atoms with Crippen molar-refractivity contribution in [2.75, 3.05) is 11.9 Å². The van der Waals surface area contributed by atoms with E-state index in [2.05, 4.69) is 5.32 Å². The molecular formula is C28H25N3O6. The number of carbonyl (C=O) groups excluding carboxylic acids is 4. The Morgan fingerprint density at radius 3 is 2.03 bits per heavy atom. The van der Waals surface area contributed by atoms with Crippen LogP contribution >= 0.6 is 0 Å². The number of fused-ring (bicyclic) bond motifs is 2. The highest BCUT2D eigenvalue weighted by Crippen LogP contribution is 2.28. The van der Waals surface area contributed by atoms with E-state index in [1.54, 1.807) is 36.4 Å². The van der Waals surface area contributed by atoms with Crippen LogP contribution in [0.4, 0.5) is 5.69 Å². The lowest BCUT2D eigenvalue weighted by atomic mass is 9.99. The van der Waals surface area contributed by atoms with E-state index in [4.69, 9.17) is 0 Å². The van der Waals surface area contributed by atoms with E-state index in [9.17, 15) is 28.8 Å². The number of hydrogen-bond acceptors (Lipinski definition) is 6. The Morgan fingerprint density at radius 1 is 0.838 bits per heavy atom. The number of nitrogens with zero attached hydrogens (tertiary/aromatic N) is 2. The van der Waals surface area contributed by atoms with Crippen LogP contribution in [-0.2, 0) is 17.8 Å². The first kappa shape index (κ1) is 24.3.